The second-order valence-corrected chi connectivity index (χ2v) is 3.62. The van der Waals surface area contributed by atoms with Crippen LogP contribution >= 0.6 is 0 Å². The highest BCUT2D eigenvalue weighted by molar-refractivity contribution is 4.96. The van der Waals surface area contributed by atoms with Crippen molar-refractivity contribution in [1.29, 1.82) is 0 Å². The SMILES string of the molecule is CCOC1CC1OC/C=C/C(F)(F)CC. The molecule has 1 aliphatic rings. The molecule has 0 aromatic rings. The molecule has 0 radical (unpaired) electrons. The number of rotatable bonds is 7. The molecule has 0 heterocycles. The number of hydrogen-bond acceptors (Lipinski definition) is 2. The van der Waals surface area contributed by atoms with Gasteiger partial charge >= 0.3 is 0 Å². The van der Waals surface area contributed by atoms with E-state index in [1.807, 2.05) is 6.92 Å². The molecule has 0 saturated heterocycles. The van der Waals surface area contributed by atoms with Crippen molar-refractivity contribution < 1.29 is 18.3 Å². The molecule has 0 N–H and O–H groups in total. The molecule has 0 aliphatic heterocycles. The van der Waals surface area contributed by atoms with Gasteiger partial charge in [-0.1, -0.05) is 13.0 Å². The van der Waals surface area contributed by atoms with Gasteiger partial charge in [-0.25, -0.2) is 8.78 Å². The topological polar surface area (TPSA) is 18.5 Å². The van der Waals surface area contributed by atoms with Gasteiger partial charge in [0, 0.05) is 19.4 Å². The van der Waals surface area contributed by atoms with Crippen molar-refractivity contribution in [2.75, 3.05) is 13.2 Å². The summed E-state index contributed by atoms with van der Waals surface area (Å²) >= 11 is 0. The van der Waals surface area contributed by atoms with Crippen molar-refractivity contribution in [3.05, 3.63) is 12.2 Å². The van der Waals surface area contributed by atoms with Gasteiger partial charge in [0.15, 0.2) is 0 Å². The number of hydrogen-bond donors (Lipinski definition) is 0. The van der Waals surface area contributed by atoms with Gasteiger partial charge in [-0.05, 0) is 13.0 Å². The highest BCUT2D eigenvalue weighted by Crippen LogP contribution is 2.28. The summed E-state index contributed by atoms with van der Waals surface area (Å²) in [6.45, 7) is 4.30. The molecule has 88 valence electrons. The van der Waals surface area contributed by atoms with Gasteiger partial charge in [0.05, 0.1) is 18.8 Å². The minimum absolute atomic E-state index is 0.102. The minimum Gasteiger partial charge on any atom is -0.376 e. The summed E-state index contributed by atoms with van der Waals surface area (Å²) in [6, 6.07) is 0. The second kappa shape index (κ2) is 5.56. The first kappa shape index (κ1) is 12.6. The molecule has 1 saturated carbocycles. The summed E-state index contributed by atoms with van der Waals surface area (Å²) in [7, 11) is 0. The maximum absolute atomic E-state index is 12.7. The van der Waals surface area contributed by atoms with Crippen LogP contribution < -0.4 is 0 Å². The molecule has 4 heteroatoms. The lowest BCUT2D eigenvalue weighted by atomic mass is 10.2. The average Bonchev–Trinajstić information content (AvgIpc) is 2.92. The van der Waals surface area contributed by atoms with Gasteiger partial charge in [-0.2, -0.15) is 0 Å². The third-order valence-corrected chi connectivity index (χ3v) is 2.30. The standard InChI is InChI=1S/C11H18F2O2/c1-3-11(12,13)6-5-7-15-10-8-9(10)14-4-2/h5-6,9-10H,3-4,7-8H2,1-2H3/b6-5+. The molecule has 1 aliphatic carbocycles. The third-order valence-electron chi connectivity index (χ3n) is 2.30. The van der Waals surface area contributed by atoms with Crippen molar-refractivity contribution in [3.63, 3.8) is 0 Å². The maximum atomic E-state index is 12.7. The van der Waals surface area contributed by atoms with Crippen LogP contribution in [0.2, 0.25) is 0 Å². The normalized spacial score (nSPS) is 26.1. The smallest absolute Gasteiger partial charge is 0.266 e. The number of halogens is 2. The van der Waals surface area contributed by atoms with Crippen LogP contribution in [0.1, 0.15) is 26.7 Å². The van der Waals surface area contributed by atoms with Gasteiger partial charge in [-0.15, -0.1) is 0 Å². The Morgan fingerprint density at radius 1 is 1.27 bits per heavy atom. The summed E-state index contributed by atoms with van der Waals surface area (Å²) in [5.74, 6) is -2.70. The Bertz CT molecular complexity index is 217. The molecule has 0 aromatic heterocycles. The largest absolute Gasteiger partial charge is 0.376 e. The summed E-state index contributed by atoms with van der Waals surface area (Å²) < 4.78 is 36.0. The van der Waals surface area contributed by atoms with Crippen LogP contribution in [0.25, 0.3) is 0 Å². The monoisotopic (exact) mass is 220 g/mol. The Balaban J connectivity index is 2.08. The maximum Gasteiger partial charge on any atom is 0.266 e. The quantitative estimate of drug-likeness (QED) is 0.614. The molecule has 1 rings (SSSR count). The number of alkyl halides is 2. The lowest BCUT2D eigenvalue weighted by Gasteiger charge is -2.07. The molecular formula is C11H18F2O2. The summed E-state index contributed by atoms with van der Waals surface area (Å²) in [6.07, 6.45) is 3.27. The van der Waals surface area contributed by atoms with Crippen molar-refractivity contribution in [2.45, 2.75) is 44.8 Å². The Kier molecular flexibility index (Phi) is 4.67. The van der Waals surface area contributed by atoms with Crippen molar-refractivity contribution in [3.8, 4) is 0 Å². The Morgan fingerprint density at radius 3 is 2.53 bits per heavy atom. The fraction of sp³-hybridized carbons (Fsp3) is 0.818. The van der Waals surface area contributed by atoms with Crippen LogP contribution in [-0.2, 0) is 9.47 Å². The van der Waals surface area contributed by atoms with E-state index in [9.17, 15) is 8.78 Å². The van der Waals surface area contributed by atoms with Crippen LogP contribution in [0, 0.1) is 0 Å². The van der Waals surface area contributed by atoms with Gasteiger partial charge in [-0.3, -0.25) is 0 Å². The van der Waals surface area contributed by atoms with Gasteiger partial charge in [0.2, 0.25) is 0 Å². The van der Waals surface area contributed by atoms with Crippen molar-refractivity contribution in [1.82, 2.24) is 0 Å². The molecule has 0 aromatic carbocycles. The predicted octanol–water partition coefficient (Wildman–Crippen LogP) is 2.78. The molecule has 1 fully saturated rings. The Hall–Kier alpha value is -0.480. The zero-order valence-corrected chi connectivity index (χ0v) is 9.21. The van der Waals surface area contributed by atoms with E-state index in [-0.39, 0.29) is 25.2 Å². The minimum atomic E-state index is -2.70. The second-order valence-electron chi connectivity index (χ2n) is 3.62. The van der Waals surface area contributed by atoms with Crippen LogP contribution in [0.4, 0.5) is 8.78 Å². The van der Waals surface area contributed by atoms with Crippen LogP contribution in [0.15, 0.2) is 12.2 Å². The van der Waals surface area contributed by atoms with Crippen LogP contribution in [0.3, 0.4) is 0 Å². The van der Waals surface area contributed by atoms with E-state index in [1.165, 1.54) is 13.0 Å². The van der Waals surface area contributed by atoms with Crippen molar-refractivity contribution in [2.24, 2.45) is 0 Å². The lowest BCUT2D eigenvalue weighted by Crippen LogP contribution is -2.10. The van der Waals surface area contributed by atoms with Gasteiger partial charge in [0.25, 0.3) is 5.92 Å². The Labute approximate surface area is 89.3 Å². The molecular weight excluding hydrogens is 202 g/mol. The van der Waals surface area contributed by atoms with E-state index >= 15 is 0 Å². The molecule has 2 unspecified atom stereocenters. The average molecular weight is 220 g/mol. The van der Waals surface area contributed by atoms with E-state index < -0.39 is 5.92 Å². The first-order chi connectivity index (χ1) is 7.09. The van der Waals surface area contributed by atoms with E-state index in [1.54, 1.807) is 0 Å². The third kappa shape index (κ3) is 4.71. The molecule has 15 heavy (non-hydrogen) atoms. The van der Waals surface area contributed by atoms with Crippen molar-refractivity contribution >= 4 is 0 Å². The molecule has 0 spiro atoms. The van der Waals surface area contributed by atoms with Crippen LogP contribution in [0.5, 0.6) is 0 Å². The zero-order valence-electron chi connectivity index (χ0n) is 9.21. The molecule has 0 bridgehead atoms. The molecule has 2 nitrogen and oxygen atoms in total. The highest BCUT2D eigenvalue weighted by atomic mass is 19.3. The predicted molar refractivity (Wildman–Crippen MR) is 54.1 cm³/mol. The zero-order chi connectivity index (χ0) is 11.3. The number of ether oxygens (including phenoxy) is 2. The summed E-state index contributed by atoms with van der Waals surface area (Å²) in [4.78, 5) is 0. The summed E-state index contributed by atoms with van der Waals surface area (Å²) in [5, 5.41) is 0. The van der Waals surface area contributed by atoms with E-state index in [0.717, 1.165) is 12.5 Å². The Morgan fingerprint density at radius 2 is 1.93 bits per heavy atom. The van der Waals surface area contributed by atoms with Gasteiger partial charge < -0.3 is 9.47 Å². The summed E-state index contributed by atoms with van der Waals surface area (Å²) in [5.41, 5.74) is 0. The fourth-order valence-corrected chi connectivity index (χ4v) is 1.23. The van der Waals surface area contributed by atoms with Gasteiger partial charge in [0.1, 0.15) is 0 Å². The van der Waals surface area contributed by atoms with E-state index in [0.29, 0.717) is 6.61 Å². The van der Waals surface area contributed by atoms with E-state index in [4.69, 9.17) is 9.47 Å². The number of allylic oxidation sites excluding steroid dienone is 1. The molecule has 2 atom stereocenters. The first-order valence-corrected chi connectivity index (χ1v) is 5.37. The fourth-order valence-electron chi connectivity index (χ4n) is 1.23. The first-order valence-electron chi connectivity index (χ1n) is 5.37. The van der Waals surface area contributed by atoms with E-state index in [2.05, 4.69) is 0 Å². The van der Waals surface area contributed by atoms with Crippen LogP contribution in [-0.4, -0.2) is 31.3 Å². The lowest BCUT2D eigenvalue weighted by molar-refractivity contribution is 0.0461. The molecule has 0 amide bonds. The highest BCUT2D eigenvalue weighted by Gasteiger charge is 2.38.